The van der Waals surface area contributed by atoms with Crippen molar-refractivity contribution >= 4 is 36.0 Å². The van der Waals surface area contributed by atoms with Gasteiger partial charge in [-0.15, -0.1) is 24.0 Å². The van der Waals surface area contributed by atoms with Gasteiger partial charge in [0.05, 0.1) is 5.54 Å². The lowest BCUT2D eigenvalue weighted by Crippen LogP contribution is -2.54. The molecule has 0 spiro atoms. The molecule has 1 aliphatic rings. The van der Waals surface area contributed by atoms with Crippen molar-refractivity contribution in [3.05, 3.63) is 0 Å². The zero-order valence-corrected chi connectivity index (χ0v) is 21.9. The summed E-state index contributed by atoms with van der Waals surface area (Å²) in [5, 5.41) is 9.58. The second kappa shape index (κ2) is 12.8. The number of amides is 1. The standard InChI is InChI=1S/C20H42N6O2.HI/c1-16(14-26-11-9-25(8)10-12-26)13-22-17(21-7)23-15-20(5,6)24-18(27)28-19(2,3)4;/h16H,9-15H2,1-8H3,(H,24,27)(H2,21,22,23);1H. The molecule has 1 aliphatic heterocycles. The van der Waals surface area contributed by atoms with Gasteiger partial charge in [0.25, 0.3) is 0 Å². The van der Waals surface area contributed by atoms with E-state index in [1.54, 1.807) is 7.05 Å². The van der Waals surface area contributed by atoms with Crippen LogP contribution in [-0.2, 0) is 4.74 Å². The lowest BCUT2D eigenvalue weighted by atomic mass is 10.1. The first kappa shape index (κ1) is 28.2. The van der Waals surface area contributed by atoms with Crippen molar-refractivity contribution in [1.82, 2.24) is 25.8 Å². The van der Waals surface area contributed by atoms with Crippen LogP contribution in [-0.4, -0.2) is 92.9 Å². The van der Waals surface area contributed by atoms with Crippen LogP contribution in [0.5, 0.6) is 0 Å². The monoisotopic (exact) mass is 526 g/mol. The van der Waals surface area contributed by atoms with Crippen molar-refractivity contribution in [2.24, 2.45) is 10.9 Å². The maximum absolute atomic E-state index is 12.0. The molecule has 1 fully saturated rings. The highest BCUT2D eigenvalue weighted by Gasteiger charge is 2.25. The van der Waals surface area contributed by atoms with Gasteiger partial charge in [0, 0.05) is 52.9 Å². The number of aliphatic imine (C=N–C) groups is 1. The second-order valence-electron chi connectivity index (χ2n) is 9.53. The molecule has 1 rings (SSSR count). The summed E-state index contributed by atoms with van der Waals surface area (Å²) >= 11 is 0. The van der Waals surface area contributed by atoms with E-state index in [0.717, 1.165) is 45.2 Å². The Kier molecular flexibility index (Phi) is 12.4. The molecule has 1 atom stereocenters. The minimum Gasteiger partial charge on any atom is -0.444 e. The Hall–Kier alpha value is -0.810. The Morgan fingerprint density at radius 2 is 1.69 bits per heavy atom. The Morgan fingerprint density at radius 1 is 1.10 bits per heavy atom. The highest BCUT2D eigenvalue weighted by molar-refractivity contribution is 14.0. The second-order valence-corrected chi connectivity index (χ2v) is 9.53. The van der Waals surface area contributed by atoms with Crippen LogP contribution in [0.15, 0.2) is 4.99 Å². The topological polar surface area (TPSA) is 81.2 Å². The fourth-order valence-electron chi connectivity index (χ4n) is 2.96. The molecule has 0 aromatic carbocycles. The number of carbonyl (C=O) groups is 1. The molecule has 0 saturated carbocycles. The van der Waals surface area contributed by atoms with Crippen molar-refractivity contribution in [1.29, 1.82) is 0 Å². The van der Waals surface area contributed by atoms with E-state index in [0.29, 0.717) is 12.5 Å². The summed E-state index contributed by atoms with van der Waals surface area (Å²) in [7, 11) is 3.94. The van der Waals surface area contributed by atoms with Gasteiger partial charge >= 0.3 is 6.09 Å². The molecule has 8 nitrogen and oxygen atoms in total. The number of guanidine groups is 1. The fraction of sp³-hybridized carbons (Fsp3) is 0.900. The van der Waals surface area contributed by atoms with E-state index in [1.165, 1.54) is 0 Å². The highest BCUT2D eigenvalue weighted by atomic mass is 127. The predicted octanol–water partition coefficient (Wildman–Crippen LogP) is 1.96. The summed E-state index contributed by atoms with van der Waals surface area (Å²) in [5.74, 6) is 1.26. The van der Waals surface area contributed by atoms with E-state index in [-0.39, 0.29) is 24.0 Å². The lowest BCUT2D eigenvalue weighted by molar-refractivity contribution is 0.0474. The number of rotatable bonds is 7. The van der Waals surface area contributed by atoms with Gasteiger partial charge < -0.3 is 30.5 Å². The van der Waals surface area contributed by atoms with Gasteiger partial charge in [-0.25, -0.2) is 4.79 Å². The van der Waals surface area contributed by atoms with Gasteiger partial charge in [-0.3, -0.25) is 4.99 Å². The minimum absolute atomic E-state index is 0. The van der Waals surface area contributed by atoms with Crippen LogP contribution < -0.4 is 16.0 Å². The maximum atomic E-state index is 12.0. The number of nitrogens with one attached hydrogen (secondary N) is 3. The molecule has 172 valence electrons. The summed E-state index contributed by atoms with van der Waals surface area (Å²) in [6.45, 7) is 18.8. The van der Waals surface area contributed by atoms with Crippen LogP contribution >= 0.6 is 24.0 Å². The zero-order chi connectivity index (χ0) is 21.4. The molecule has 1 saturated heterocycles. The first-order chi connectivity index (χ1) is 12.9. The number of nitrogens with zero attached hydrogens (tertiary/aromatic N) is 3. The first-order valence-corrected chi connectivity index (χ1v) is 10.3. The number of hydrogen-bond acceptors (Lipinski definition) is 5. The zero-order valence-electron chi connectivity index (χ0n) is 19.6. The molecule has 9 heteroatoms. The number of likely N-dealkylation sites (N-methyl/N-ethyl adjacent to an activating group) is 1. The van der Waals surface area contributed by atoms with E-state index in [2.05, 4.69) is 44.7 Å². The quantitative estimate of drug-likeness (QED) is 0.268. The molecule has 0 aromatic rings. The van der Waals surface area contributed by atoms with Gasteiger partial charge in [0.2, 0.25) is 0 Å². The third kappa shape index (κ3) is 13.2. The van der Waals surface area contributed by atoms with Gasteiger partial charge in [-0.1, -0.05) is 6.92 Å². The molecule has 0 bridgehead atoms. The van der Waals surface area contributed by atoms with Gasteiger partial charge in [0.15, 0.2) is 5.96 Å². The molecular weight excluding hydrogens is 483 g/mol. The number of piperazine rings is 1. The van der Waals surface area contributed by atoms with E-state index in [9.17, 15) is 4.79 Å². The van der Waals surface area contributed by atoms with Crippen molar-refractivity contribution in [3.63, 3.8) is 0 Å². The summed E-state index contributed by atoms with van der Waals surface area (Å²) in [5.41, 5.74) is -0.976. The van der Waals surface area contributed by atoms with E-state index < -0.39 is 17.2 Å². The predicted molar refractivity (Wildman–Crippen MR) is 131 cm³/mol. The van der Waals surface area contributed by atoms with E-state index in [4.69, 9.17) is 4.74 Å². The molecule has 0 aliphatic carbocycles. The number of carbonyl (C=O) groups excluding carboxylic acids is 1. The molecule has 29 heavy (non-hydrogen) atoms. The minimum atomic E-state index is -0.509. The number of hydrogen-bond donors (Lipinski definition) is 3. The van der Waals surface area contributed by atoms with Crippen molar-refractivity contribution < 1.29 is 9.53 Å². The molecule has 0 radical (unpaired) electrons. The molecule has 1 heterocycles. The summed E-state index contributed by atoms with van der Waals surface area (Å²) in [4.78, 5) is 21.2. The largest absolute Gasteiger partial charge is 0.444 e. The third-order valence-corrected chi connectivity index (χ3v) is 4.54. The van der Waals surface area contributed by atoms with Crippen LogP contribution in [0, 0.1) is 5.92 Å². The Morgan fingerprint density at radius 3 is 2.21 bits per heavy atom. The SMILES string of the molecule is CN=C(NCC(C)CN1CCN(C)CC1)NCC(C)(C)NC(=O)OC(C)(C)C.I. The number of alkyl carbamates (subject to hydrolysis) is 1. The smallest absolute Gasteiger partial charge is 0.408 e. The molecule has 1 amide bonds. The van der Waals surface area contributed by atoms with Gasteiger partial charge in [-0.05, 0) is 47.6 Å². The molecular formula is C20H43IN6O2. The summed E-state index contributed by atoms with van der Waals surface area (Å²) < 4.78 is 5.33. The Balaban J connectivity index is 0.00000784. The average Bonchev–Trinajstić information content (AvgIpc) is 2.54. The lowest BCUT2D eigenvalue weighted by Gasteiger charge is -2.34. The van der Waals surface area contributed by atoms with Crippen LogP contribution in [0.2, 0.25) is 0 Å². The van der Waals surface area contributed by atoms with Gasteiger partial charge in [-0.2, -0.15) is 0 Å². The van der Waals surface area contributed by atoms with E-state index >= 15 is 0 Å². The van der Waals surface area contributed by atoms with Crippen LogP contribution in [0.1, 0.15) is 41.5 Å². The van der Waals surface area contributed by atoms with Gasteiger partial charge in [0.1, 0.15) is 5.60 Å². The van der Waals surface area contributed by atoms with Crippen LogP contribution in [0.4, 0.5) is 4.79 Å². The number of ether oxygens (including phenoxy) is 1. The average molecular weight is 527 g/mol. The normalized spacial score (nSPS) is 17.9. The fourth-order valence-corrected chi connectivity index (χ4v) is 2.96. The molecule has 3 N–H and O–H groups in total. The van der Waals surface area contributed by atoms with Crippen molar-refractivity contribution in [2.75, 3.05) is 59.9 Å². The Labute approximate surface area is 194 Å². The van der Waals surface area contributed by atoms with Crippen molar-refractivity contribution in [3.8, 4) is 0 Å². The first-order valence-electron chi connectivity index (χ1n) is 10.3. The van der Waals surface area contributed by atoms with Crippen LogP contribution in [0.3, 0.4) is 0 Å². The number of halogens is 1. The maximum Gasteiger partial charge on any atom is 0.408 e. The van der Waals surface area contributed by atoms with Crippen molar-refractivity contribution in [2.45, 2.75) is 52.7 Å². The molecule has 1 unspecified atom stereocenters. The summed E-state index contributed by atoms with van der Waals surface area (Å²) in [6, 6.07) is 0. The van der Waals surface area contributed by atoms with Crippen LogP contribution in [0.25, 0.3) is 0 Å². The molecule has 0 aromatic heterocycles. The Bertz CT molecular complexity index is 514. The summed E-state index contributed by atoms with van der Waals surface area (Å²) in [6.07, 6.45) is -0.414. The third-order valence-electron chi connectivity index (χ3n) is 4.54. The highest BCUT2D eigenvalue weighted by Crippen LogP contribution is 2.09. The van der Waals surface area contributed by atoms with E-state index in [1.807, 2.05) is 34.6 Å².